The van der Waals surface area contributed by atoms with Gasteiger partial charge in [-0.2, -0.15) is 13.2 Å². The van der Waals surface area contributed by atoms with E-state index in [2.05, 4.69) is 5.32 Å². The Labute approximate surface area is 140 Å². The monoisotopic (exact) mass is 350 g/mol. The van der Waals surface area contributed by atoms with Gasteiger partial charge in [-0.25, -0.2) is 0 Å². The summed E-state index contributed by atoms with van der Waals surface area (Å²) in [5, 5.41) is 2.13. The second-order valence-corrected chi connectivity index (χ2v) is 5.97. The summed E-state index contributed by atoms with van der Waals surface area (Å²) in [6.45, 7) is 0. The Bertz CT molecular complexity index is 502. The highest BCUT2D eigenvalue weighted by atomic mass is 35.5. The Kier molecular flexibility index (Phi) is 6.89. The van der Waals surface area contributed by atoms with Crippen LogP contribution in [-0.2, 0) is 11.2 Å². The van der Waals surface area contributed by atoms with Gasteiger partial charge in [-0.3, -0.25) is 4.79 Å². The average Bonchev–Trinajstić information content (AvgIpc) is 2.47. The standard InChI is InChI=1S/C16H21F3N2O.ClH/c17-16(18,19)13(11-12-7-3-1-4-8-12)21-14(22)15(20)9-5-2-6-10-15;/h1,3-4,7-8,13H,2,5-6,9-11,20H2,(H,21,22);1H. The number of carbonyl (C=O) groups excluding carboxylic acids is 1. The van der Waals surface area contributed by atoms with Crippen molar-refractivity contribution in [3.63, 3.8) is 0 Å². The fourth-order valence-corrected chi connectivity index (χ4v) is 2.81. The molecule has 1 aliphatic rings. The van der Waals surface area contributed by atoms with Crippen molar-refractivity contribution in [2.24, 2.45) is 5.73 Å². The van der Waals surface area contributed by atoms with Crippen LogP contribution in [0.5, 0.6) is 0 Å². The van der Waals surface area contributed by atoms with E-state index in [9.17, 15) is 18.0 Å². The zero-order valence-corrected chi connectivity index (χ0v) is 13.6. The highest BCUT2D eigenvalue weighted by Gasteiger charge is 2.44. The van der Waals surface area contributed by atoms with Crippen LogP contribution in [0, 0.1) is 0 Å². The lowest BCUT2D eigenvalue weighted by Gasteiger charge is -2.34. The Morgan fingerprint density at radius 1 is 1.17 bits per heavy atom. The van der Waals surface area contributed by atoms with Crippen molar-refractivity contribution in [3.05, 3.63) is 35.9 Å². The number of alkyl halides is 3. The van der Waals surface area contributed by atoms with Crippen LogP contribution in [0.2, 0.25) is 0 Å². The number of nitrogens with two attached hydrogens (primary N) is 1. The van der Waals surface area contributed by atoms with Crippen LogP contribution < -0.4 is 11.1 Å². The number of hydrogen-bond donors (Lipinski definition) is 2. The molecule has 0 radical (unpaired) electrons. The van der Waals surface area contributed by atoms with E-state index in [4.69, 9.17) is 5.73 Å². The van der Waals surface area contributed by atoms with Gasteiger partial charge in [0.15, 0.2) is 0 Å². The molecular weight excluding hydrogens is 329 g/mol. The fourth-order valence-electron chi connectivity index (χ4n) is 2.81. The van der Waals surface area contributed by atoms with E-state index in [-0.39, 0.29) is 18.8 Å². The van der Waals surface area contributed by atoms with E-state index in [0.717, 1.165) is 19.3 Å². The molecule has 0 heterocycles. The lowest BCUT2D eigenvalue weighted by molar-refractivity contribution is -0.163. The SMILES string of the molecule is Cl.NC1(C(=O)NC(Cc2ccccc2)C(F)(F)F)CCCCC1. The van der Waals surface area contributed by atoms with E-state index in [0.29, 0.717) is 18.4 Å². The summed E-state index contributed by atoms with van der Waals surface area (Å²) in [4.78, 5) is 12.2. The van der Waals surface area contributed by atoms with Crippen LogP contribution in [0.4, 0.5) is 13.2 Å². The molecule has 1 unspecified atom stereocenters. The second-order valence-electron chi connectivity index (χ2n) is 5.97. The van der Waals surface area contributed by atoms with Crippen molar-refractivity contribution >= 4 is 18.3 Å². The molecule has 1 saturated carbocycles. The number of hydrogen-bond acceptors (Lipinski definition) is 2. The molecule has 1 aromatic rings. The Hall–Kier alpha value is -1.27. The molecule has 3 N–H and O–H groups in total. The van der Waals surface area contributed by atoms with Crippen molar-refractivity contribution in [1.29, 1.82) is 0 Å². The highest BCUT2D eigenvalue weighted by molar-refractivity contribution is 5.86. The van der Waals surface area contributed by atoms with Gasteiger partial charge in [-0.1, -0.05) is 49.6 Å². The number of rotatable bonds is 4. The molecule has 1 aliphatic carbocycles. The predicted octanol–water partition coefficient (Wildman–Crippen LogP) is 3.36. The first-order valence-electron chi connectivity index (χ1n) is 7.52. The first-order chi connectivity index (χ1) is 10.3. The summed E-state index contributed by atoms with van der Waals surface area (Å²) < 4.78 is 39.6. The smallest absolute Gasteiger partial charge is 0.343 e. The molecule has 1 fully saturated rings. The molecular formula is C16H22ClF3N2O. The summed E-state index contributed by atoms with van der Waals surface area (Å²) >= 11 is 0. The molecule has 1 atom stereocenters. The molecule has 0 saturated heterocycles. The largest absolute Gasteiger partial charge is 0.408 e. The fraction of sp³-hybridized carbons (Fsp3) is 0.562. The number of nitrogens with one attached hydrogen (secondary N) is 1. The molecule has 0 spiro atoms. The molecule has 1 aromatic carbocycles. The Morgan fingerprint density at radius 3 is 2.26 bits per heavy atom. The molecule has 3 nitrogen and oxygen atoms in total. The zero-order valence-electron chi connectivity index (χ0n) is 12.7. The highest BCUT2D eigenvalue weighted by Crippen LogP contribution is 2.28. The summed E-state index contributed by atoms with van der Waals surface area (Å²) in [7, 11) is 0. The van der Waals surface area contributed by atoms with Crippen LogP contribution in [0.15, 0.2) is 30.3 Å². The first kappa shape index (κ1) is 19.8. The lowest BCUT2D eigenvalue weighted by atomic mass is 9.81. The van der Waals surface area contributed by atoms with Gasteiger partial charge in [0.05, 0.1) is 5.54 Å². The Balaban J connectivity index is 0.00000264. The van der Waals surface area contributed by atoms with Crippen LogP contribution >= 0.6 is 12.4 Å². The minimum absolute atomic E-state index is 0. The van der Waals surface area contributed by atoms with Gasteiger partial charge in [0, 0.05) is 6.42 Å². The Morgan fingerprint density at radius 2 is 1.74 bits per heavy atom. The lowest BCUT2D eigenvalue weighted by Crippen LogP contribution is -2.59. The molecule has 7 heteroatoms. The topological polar surface area (TPSA) is 55.1 Å². The number of amides is 1. The molecule has 23 heavy (non-hydrogen) atoms. The van der Waals surface area contributed by atoms with Crippen LogP contribution in [0.3, 0.4) is 0 Å². The van der Waals surface area contributed by atoms with Gasteiger partial charge in [0.25, 0.3) is 0 Å². The number of carbonyl (C=O) groups is 1. The van der Waals surface area contributed by atoms with E-state index in [1.165, 1.54) is 0 Å². The van der Waals surface area contributed by atoms with Gasteiger partial charge >= 0.3 is 6.18 Å². The molecule has 130 valence electrons. The van der Waals surface area contributed by atoms with Crippen LogP contribution in [-0.4, -0.2) is 23.7 Å². The van der Waals surface area contributed by atoms with Crippen LogP contribution in [0.25, 0.3) is 0 Å². The quantitative estimate of drug-likeness (QED) is 0.874. The summed E-state index contributed by atoms with van der Waals surface area (Å²) in [6.07, 6.45) is -1.39. The zero-order chi connectivity index (χ0) is 16.2. The summed E-state index contributed by atoms with van der Waals surface area (Å²) in [5.41, 5.74) is 5.37. The van der Waals surface area contributed by atoms with Crippen molar-refractivity contribution in [2.45, 2.75) is 56.3 Å². The summed E-state index contributed by atoms with van der Waals surface area (Å²) in [5.74, 6) is -0.689. The predicted molar refractivity (Wildman–Crippen MR) is 85.4 cm³/mol. The normalized spacial score (nSPS) is 18.6. The average molecular weight is 351 g/mol. The van der Waals surface area contributed by atoms with E-state index in [1.54, 1.807) is 30.3 Å². The molecule has 0 aliphatic heterocycles. The van der Waals surface area contributed by atoms with Gasteiger partial charge in [0.1, 0.15) is 6.04 Å². The van der Waals surface area contributed by atoms with E-state index < -0.39 is 23.7 Å². The third kappa shape index (κ3) is 5.39. The van der Waals surface area contributed by atoms with Gasteiger partial charge in [-0.15, -0.1) is 12.4 Å². The van der Waals surface area contributed by atoms with Gasteiger partial charge in [0.2, 0.25) is 5.91 Å². The van der Waals surface area contributed by atoms with E-state index in [1.807, 2.05) is 0 Å². The third-order valence-corrected chi connectivity index (χ3v) is 4.18. The number of benzene rings is 1. The molecule has 2 rings (SSSR count). The maximum absolute atomic E-state index is 13.2. The van der Waals surface area contributed by atoms with Crippen molar-refractivity contribution < 1.29 is 18.0 Å². The molecule has 0 aromatic heterocycles. The maximum Gasteiger partial charge on any atom is 0.408 e. The molecule has 1 amide bonds. The van der Waals surface area contributed by atoms with Crippen molar-refractivity contribution in [2.75, 3.05) is 0 Å². The number of halogens is 4. The van der Waals surface area contributed by atoms with Crippen molar-refractivity contribution in [1.82, 2.24) is 5.32 Å². The third-order valence-electron chi connectivity index (χ3n) is 4.18. The minimum Gasteiger partial charge on any atom is -0.343 e. The summed E-state index contributed by atoms with van der Waals surface area (Å²) in [6, 6.07) is 6.41. The van der Waals surface area contributed by atoms with Gasteiger partial charge < -0.3 is 11.1 Å². The van der Waals surface area contributed by atoms with Gasteiger partial charge in [-0.05, 0) is 18.4 Å². The van der Waals surface area contributed by atoms with Crippen LogP contribution in [0.1, 0.15) is 37.7 Å². The second kappa shape index (κ2) is 8.02. The minimum atomic E-state index is -4.50. The van der Waals surface area contributed by atoms with Crippen molar-refractivity contribution in [3.8, 4) is 0 Å². The van der Waals surface area contributed by atoms with E-state index >= 15 is 0 Å². The maximum atomic E-state index is 13.2. The molecule has 0 bridgehead atoms. The first-order valence-corrected chi connectivity index (χ1v) is 7.52.